The molecule has 2 aromatic heterocycles. The summed E-state index contributed by atoms with van der Waals surface area (Å²) in [4.78, 5) is 25.6. The first-order chi connectivity index (χ1) is 17.0. The van der Waals surface area contributed by atoms with Crippen molar-refractivity contribution < 1.29 is 19.1 Å². The van der Waals surface area contributed by atoms with Crippen molar-refractivity contribution in [3.63, 3.8) is 0 Å². The Morgan fingerprint density at radius 2 is 1.76 bits per heavy atom. The summed E-state index contributed by atoms with van der Waals surface area (Å²) < 4.78 is 14.7. The van der Waals surface area contributed by atoms with Crippen LogP contribution >= 0.6 is 0 Å². The summed E-state index contributed by atoms with van der Waals surface area (Å²) in [5, 5.41) is 10.8. The molecule has 0 saturated carbocycles. The molecule has 202 valence electrons. The fourth-order valence-electron chi connectivity index (χ4n) is 3.72. The van der Waals surface area contributed by atoms with Gasteiger partial charge >= 0.3 is 6.09 Å². The second kappa shape index (κ2) is 10.6. The predicted octanol–water partition coefficient (Wildman–Crippen LogP) is 6.41. The zero-order chi connectivity index (χ0) is 27.8. The van der Waals surface area contributed by atoms with E-state index >= 15 is 0 Å². The van der Waals surface area contributed by atoms with E-state index in [1.165, 1.54) is 16.8 Å². The smallest absolute Gasteiger partial charge is 0.416 e. The van der Waals surface area contributed by atoms with Gasteiger partial charge in [0.25, 0.3) is 5.56 Å². The number of ether oxygens (including phenoxy) is 1. The summed E-state index contributed by atoms with van der Waals surface area (Å²) in [6, 6.07) is 9.80. The van der Waals surface area contributed by atoms with E-state index in [-0.39, 0.29) is 28.6 Å². The molecule has 3 rings (SSSR count). The van der Waals surface area contributed by atoms with Crippen LogP contribution in [0.3, 0.4) is 0 Å². The molecule has 0 aliphatic carbocycles. The second-order valence-corrected chi connectivity index (χ2v) is 22.8. The molecule has 3 N–H and O–H groups in total. The number of pyridine rings is 1. The van der Waals surface area contributed by atoms with Crippen LogP contribution in [0.2, 0.25) is 43.8 Å². The predicted molar refractivity (Wildman–Crippen MR) is 156 cm³/mol. The van der Waals surface area contributed by atoms with E-state index in [1.807, 2.05) is 12.1 Å². The Kier molecular flexibility index (Phi) is 8.28. The number of benzene rings is 1. The Labute approximate surface area is 221 Å². The van der Waals surface area contributed by atoms with Crippen LogP contribution < -0.4 is 11.3 Å². The third kappa shape index (κ3) is 6.81. The number of aromatic nitrogens is 2. The molecule has 0 aliphatic rings. The van der Waals surface area contributed by atoms with Crippen molar-refractivity contribution in [2.24, 2.45) is 0 Å². The number of nitrogens with zero attached hydrogens (tertiary/aromatic N) is 2. The van der Waals surface area contributed by atoms with Crippen LogP contribution in [0.5, 0.6) is 0 Å². The van der Waals surface area contributed by atoms with Crippen molar-refractivity contribution in [3.05, 3.63) is 52.4 Å². The number of nitrogens with two attached hydrogens (primary N) is 1. The molecule has 0 unspecified atom stereocenters. The SMILES string of the molecule is CC(C)(C)[Si](C)(C)OCc1ccc2c(c1)cc(-c1cc(N)cn(COCC[Si](C)(C)C)c1=O)n2C(=O)O. The molecule has 1 aromatic carbocycles. The van der Waals surface area contributed by atoms with Crippen LogP contribution in [0.15, 0.2) is 41.3 Å². The quantitative estimate of drug-likeness (QED) is 0.238. The zero-order valence-electron chi connectivity index (χ0n) is 23.3. The average Bonchev–Trinajstić information content (AvgIpc) is 3.14. The summed E-state index contributed by atoms with van der Waals surface area (Å²) in [7, 11) is -3.21. The van der Waals surface area contributed by atoms with Gasteiger partial charge in [-0.25, -0.2) is 9.36 Å². The van der Waals surface area contributed by atoms with Crippen LogP contribution in [0.25, 0.3) is 22.2 Å². The number of hydrogen-bond acceptors (Lipinski definition) is 5. The van der Waals surface area contributed by atoms with Crippen molar-refractivity contribution in [2.75, 3.05) is 12.3 Å². The first-order valence-electron chi connectivity index (χ1n) is 12.6. The molecule has 2 heterocycles. The third-order valence-corrected chi connectivity index (χ3v) is 13.3. The van der Waals surface area contributed by atoms with E-state index < -0.39 is 22.5 Å². The number of carbonyl (C=O) groups is 1. The van der Waals surface area contributed by atoms with Crippen molar-refractivity contribution in [1.82, 2.24) is 9.13 Å². The molecule has 8 nitrogen and oxygen atoms in total. The highest BCUT2D eigenvalue weighted by Gasteiger charge is 2.37. The minimum atomic E-state index is -1.94. The molecule has 0 atom stereocenters. The first-order valence-corrected chi connectivity index (χ1v) is 19.2. The summed E-state index contributed by atoms with van der Waals surface area (Å²) in [6.45, 7) is 18.8. The minimum absolute atomic E-state index is 0.0591. The standard InChI is InChI=1S/C27H41N3O5Si2/c1-27(2,3)37(7,8)35-17-19-9-10-23-20(13-19)14-24(30(23)26(32)33)22-15-21(28)16-29(25(22)31)18-34-11-12-36(4,5)6/h9-10,13-16H,11-12,17-18,28H2,1-8H3,(H,32,33). The van der Waals surface area contributed by atoms with Gasteiger partial charge in [0.15, 0.2) is 8.32 Å². The van der Waals surface area contributed by atoms with Crippen molar-refractivity contribution in [1.29, 1.82) is 0 Å². The van der Waals surface area contributed by atoms with Crippen molar-refractivity contribution >= 4 is 39.1 Å². The van der Waals surface area contributed by atoms with Crippen LogP contribution in [-0.4, -0.2) is 43.3 Å². The molecule has 0 bridgehead atoms. The number of hydrogen-bond donors (Lipinski definition) is 2. The molecule has 0 saturated heterocycles. The number of rotatable bonds is 9. The van der Waals surface area contributed by atoms with Gasteiger partial charge < -0.3 is 20.0 Å². The monoisotopic (exact) mass is 543 g/mol. The highest BCUT2D eigenvalue weighted by atomic mass is 28.4. The number of fused-ring (bicyclic) bond motifs is 1. The zero-order valence-corrected chi connectivity index (χ0v) is 25.3. The molecule has 3 aromatic rings. The number of anilines is 1. The fourth-order valence-corrected chi connectivity index (χ4v) is 5.44. The lowest BCUT2D eigenvalue weighted by Gasteiger charge is -2.36. The lowest BCUT2D eigenvalue weighted by Crippen LogP contribution is -2.40. The van der Waals surface area contributed by atoms with E-state index in [9.17, 15) is 14.7 Å². The van der Waals surface area contributed by atoms with Gasteiger partial charge in [-0.05, 0) is 54.0 Å². The molecule has 0 spiro atoms. The molecule has 37 heavy (non-hydrogen) atoms. The van der Waals surface area contributed by atoms with Crippen LogP contribution in [-0.2, 0) is 22.5 Å². The summed E-state index contributed by atoms with van der Waals surface area (Å²) in [5.74, 6) is 0. The molecule has 0 fully saturated rings. The first kappa shape index (κ1) is 28.9. The van der Waals surface area contributed by atoms with E-state index in [0.717, 1.165) is 16.2 Å². The minimum Gasteiger partial charge on any atom is -0.464 e. The lowest BCUT2D eigenvalue weighted by molar-refractivity contribution is 0.0850. The Balaban J connectivity index is 1.98. The normalized spacial score (nSPS) is 12.9. The van der Waals surface area contributed by atoms with Crippen molar-refractivity contribution in [2.45, 2.75) is 77.9 Å². The Bertz CT molecular complexity index is 1350. The van der Waals surface area contributed by atoms with Gasteiger partial charge in [0, 0.05) is 32.0 Å². The second-order valence-electron chi connectivity index (χ2n) is 12.4. The van der Waals surface area contributed by atoms with Crippen LogP contribution in [0.4, 0.5) is 10.5 Å². The van der Waals surface area contributed by atoms with Gasteiger partial charge in [0.05, 0.1) is 23.4 Å². The topological polar surface area (TPSA) is 109 Å². The van der Waals surface area contributed by atoms with Gasteiger partial charge in [-0.2, -0.15) is 0 Å². The molecule has 0 radical (unpaired) electrons. The highest BCUT2D eigenvalue weighted by Crippen LogP contribution is 2.37. The van der Waals surface area contributed by atoms with E-state index in [0.29, 0.717) is 29.8 Å². The molecular formula is C27H41N3O5Si2. The molecule has 10 heteroatoms. The van der Waals surface area contributed by atoms with Crippen molar-refractivity contribution in [3.8, 4) is 11.3 Å². The van der Waals surface area contributed by atoms with Crippen LogP contribution in [0, 0.1) is 0 Å². The fraction of sp³-hybridized carbons (Fsp3) is 0.481. The summed E-state index contributed by atoms with van der Waals surface area (Å²) in [5.41, 5.74) is 8.06. The highest BCUT2D eigenvalue weighted by molar-refractivity contribution is 6.76. The van der Waals surface area contributed by atoms with Gasteiger partial charge in [-0.3, -0.25) is 9.36 Å². The van der Waals surface area contributed by atoms with E-state index in [1.54, 1.807) is 12.1 Å². The third-order valence-electron chi connectivity index (χ3n) is 7.07. The summed E-state index contributed by atoms with van der Waals surface area (Å²) >= 11 is 0. The van der Waals surface area contributed by atoms with Gasteiger partial charge in [0.1, 0.15) is 6.73 Å². The van der Waals surface area contributed by atoms with Crippen LogP contribution in [0.1, 0.15) is 26.3 Å². The van der Waals surface area contributed by atoms with Gasteiger partial charge in [-0.1, -0.05) is 46.5 Å². The van der Waals surface area contributed by atoms with Gasteiger partial charge in [-0.15, -0.1) is 0 Å². The van der Waals surface area contributed by atoms with Gasteiger partial charge in [0.2, 0.25) is 0 Å². The Hall–Kier alpha value is -2.67. The average molecular weight is 544 g/mol. The Morgan fingerprint density at radius 3 is 2.35 bits per heavy atom. The maximum Gasteiger partial charge on any atom is 0.416 e. The maximum atomic E-state index is 13.4. The maximum absolute atomic E-state index is 13.4. The van der Waals surface area contributed by atoms with E-state index in [2.05, 4.69) is 53.5 Å². The summed E-state index contributed by atoms with van der Waals surface area (Å²) in [6.07, 6.45) is 0.361. The molecular weight excluding hydrogens is 502 g/mol. The Morgan fingerprint density at radius 1 is 1.08 bits per heavy atom. The number of nitrogen functional groups attached to an aromatic ring is 1. The number of carboxylic acid groups (broad SMARTS) is 1. The van der Waals surface area contributed by atoms with E-state index in [4.69, 9.17) is 14.9 Å². The lowest BCUT2D eigenvalue weighted by atomic mass is 10.1. The molecule has 0 amide bonds. The largest absolute Gasteiger partial charge is 0.464 e. The molecule has 0 aliphatic heterocycles.